The maximum atomic E-state index is 11.9. The summed E-state index contributed by atoms with van der Waals surface area (Å²) in [6.45, 7) is 2.43. The molecule has 0 aromatic heterocycles. The number of hydrogen-bond acceptors (Lipinski definition) is 5. The normalized spacial score (nSPS) is 14.8. The lowest BCUT2D eigenvalue weighted by molar-refractivity contribution is -0.122. The predicted octanol–water partition coefficient (Wildman–Crippen LogP) is 1.51. The molecule has 1 fully saturated rings. The van der Waals surface area contributed by atoms with Gasteiger partial charge in [-0.1, -0.05) is 30.3 Å². The van der Waals surface area contributed by atoms with Crippen molar-refractivity contribution in [2.75, 3.05) is 6.54 Å². The van der Waals surface area contributed by atoms with E-state index in [-0.39, 0.29) is 15.4 Å². The van der Waals surface area contributed by atoms with Crippen molar-refractivity contribution in [3.05, 3.63) is 35.9 Å². The van der Waals surface area contributed by atoms with Crippen molar-refractivity contribution in [1.29, 1.82) is 0 Å². The Labute approximate surface area is 139 Å². The first-order chi connectivity index (χ1) is 11.1. The molecule has 1 saturated heterocycles. The van der Waals surface area contributed by atoms with Gasteiger partial charge in [-0.25, -0.2) is 15.6 Å². The highest BCUT2D eigenvalue weighted by atomic mass is 16.5. The third-order valence-electron chi connectivity index (χ3n) is 3.51. The lowest BCUT2D eigenvalue weighted by atomic mass is 10.2. The molecule has 23 heavy (non-hydrogen) atoms. The molecule has 0 aliphatic carbocycles. The molecule has 0 spiro atoms. The van der Waals surface area contributed by atoms with E-state index < -0.39 is 12.1 Å². The summed E-state index contributed by atoms with van der Waals surface area (Å²) in [7, 11) is 0. The number of hydrazine groups is 1. The minimum atomic E-state index is -0.620. The summed E-state index contributed by atoms with van der Waals surface area (Å²) in [6.07, 6.45) is 2.84. The van der Waals surface area contributed by atoms with E-state index in [0.717, 1.165) is 24.8 Å². The van der Waals surface area contributed by atoms with Gasteiger partial charge in [0.25, 0.3) is 0 Å². The first-order valence-corrected chi connectivity index (χ1v) is 7.91. The van der Waals surface area contributed by atoms with Crippen molar-refractivity contribution in [3.63, 3.8) is 0 Å². The third-order valence-corrected chi connectivity index (χ3v) is 3.51. The molecule has 0 radical (unpaired) electrons. The van der Waals surface area contributed by atoms with Crippen LogP contribution >= 0.6 is 0 Å². The van der Waals surface area contributed by atoms with E-state index >= 15 is 0 Å². The van der Waals surface area contributed by atoms with Crippen molar-refractivity contribution in [2.24, 2.45) is 0 Å². The Kier molecular flexibility index (Phi) is 6.83. The molecule has 0 saturated carbocycles. The summed E-state index contributed by atoms with van der Waals surface area (Å²) >= 11 is 0. The van der Waals surface area contributed by atoms with Crippen LogP contribution in [0.3, 0.4) is 0 Å². The van der Waals surface area contributed by atoms with Crippen LogP contribution in [0, 0.1) is 0 Å². The van der Waals surface area contributed by atoms with Gasteiger partial charge < -0.3 is 15.4 Å². The summed E-state index contributed by atoms with van der Waals surface area (Å²) < 4.78 is 5.08. The van der Waals surface area contributed by atoms with E-state index in [1.165, 1.54) is 0 Å². The van der Waals surface area contributed by atoms with E-state index in [2.05, 4.69) is 21.5 Å². The van der Waals surface area contributed by atoms with Crippen molar-refractivity contribution in [3.8, 4) is 0 Å². The molecule has 1 aliphatic heterocycles. The Morgan fingerprint density at radius 2 is 2.00 bits per heavy atom. The largest absolute Gasteiger partial charge is 0.445 e. The van der Waals surface area contributed by atoms with Crippen LogP contribution in [0.15, 0.2) is 30.3 Å². The second-order valence-electron chi connectivity index (χ2n) is 5.56. The third kappa shape index (κ3) is 7.12. The number of rotatable bonds is 9. The Morgan fingerprint density at radius 3 is 2.70 bits per heavy atom. The summed E-state index contributed by atoms with van der Waals surface area (Å²) in [4.78, 5) is 23.5. The lowest BCUT2D eigenvalue weighted by Crippen LogP contribution is -2.45. The summed E-state index contributed by atoms with van der Waals surface area (Å²) in [5.41, 5.74) is 6.90. The van der Waals surface area contributed by atoms with Gasteiger partial charge in [-0.3, -0.25) is 4.79 Å². The molecule has 7 heteroatoms. The topological polar surface area (TPSA) is 111 Å². The van der Waals surface area contributed by atoms with Gasteiger partial charge in [0.05, 0.1) is 6.17 Å². The van der Waals surface area contributed by atoms with E-state index in [9.17, 15) is 9.59 Å². The number of amides is 2. The number of hydrogen-bond donors (Lipinski definition) is 4. The van der Waals surface area contributed by atoms with Crippen LogP contribution in [0.1, 0.15) is 34.6 Å². The minimum absolute atomic E-state index is 0. The molecule has 130 valence electrons. The highest BCUT2D eigenvalue weighted by Crippen LogP contribution is 2.03. The van der Waals surface area contributed by atoms with Crippen molar-refractivity contribution >= 4 is 12.0 Å². The fourth-order valence-corrected chi connectivity index (χ4v) is 2.05. The van der Waals surface area contributed by atoms with E-state index in [4.69, 9.17) is 4.74 Å². The highest BCUT2D eigenvalue weighted by molar-refractivity contribution is 5.85. The van der Waals surface area contributed by atoms with Gasteiger partial charge in [0.1, 0.15) is 12.6 Å². The van der Waals surface area contributed by atoms with E-state index in [1.807, 2.05) is 30.3 Å². The highest BCUT2D eigenvalue weighted by Gasteiger charge is 2.18. The number of nitrogens with one attached hydrogen (secondary N) is 4. The number of carbonyl (C=O) groups is 2. The maximum absolute atomic E-state index is 11.9. The van der Waals surface area contributed by atoms with Crippen molar-refractivity contribution in [2.45, 2.75) is 45.0 Å². The summed E-state index contributed by atoms with van der Waals surface area (Å²) in [5, 5.41) is 5.33. The predicted molar refractivity (Wildman–Crippen MR) is 90.4 cm³/mol. The molecule has 2 amide bonds. The first-order valence-electron chi connectivity index (χ1n) is 7.91. The maximum Gasteiger partial charge on any atom is 0.408 e. The second kappa shape index (κ2) is 9.12. The molecule has 2 rings (SSSR count). The average molecular weight is 324 g/mol. The van der Waals surface area contributed by atoms with Crippen LogP contribution in [0.5, 0.6) is 0 Å². The van der Waals surface area contributed by atoms with E-state index in [1.54, 1.807) is 6.92 Å². The van der Waals surface area contributed by atoms with E-state index in [0.29, 0.717) is 12.7 Å². The Hall–Kier alpha value is -2.12. The fourth-order valence-electron chi connectivity index (χ4n) is 2.05. The number of carbonyl (C=O) groups excluding carboxylic acids is 2. The molecule has 0 unspecified atom stereocenters. The standard InChI is InChI=1S/C16H24N4O3.2H2/c1-12(15(21)17-10-6-5-9-14-19-20-14)18-16(22)23-11-13-7-3-2-4-8-13;;/h2-4,7-8,12,14,19-20H,5-6,9-11H2,1H3,(H,17,21)(H,18,22);2*1H/t12-;;/m0../s1. The zero-order valence-corrected chi connectivity index (χ0v) is 13.3. The molecular formula is C16H28N4O3. The molecule has 1 aromatic carbocycles. The van der Waals surface area contributed by atoms with Gasteiger partial charge in [-0.2, -0.15) is 0 Å². The molecular weight excluding hydrogens is 296 g/mol. The number of alkyl carbamates (subject to hydrolysis) is 1. The smallest absolute Gasteiger partial charge is 0.408 e. The fraction of sp³-hybridized carbons (Fsp3) is 0.500. The van der Waals surface area contributed by atoms with Gasteiger partial charge in [0.15, 0.2) is 0 Å². The zero-order chi connectivity index (χ0) is 16.5. The molecule has 1 aromatic rings. The van der Waals surface area contributed by atoms with Crippen LogP contribution in [0.25, 0.3) is 0 Å². The Balaban J connectivity index is 0.00000288. The van der Waals surface area contributed by atoms with Gasteiger partial charge in [-0.15, -0.1) is 0 Å². The summed E-state index contributed by atoms with van der Waals surface area (Å²) in [5.74, 6) is -0.204. The summed E-state index contributed by atoms with van der Waals surface area (Å²) in [6, 6.07) is 8.77. The Bertz CT molecular complexity index is 515. The van der Waals surface area contributed by atoms with Crippen LogP contribution in [-0.4, -0.2) is 30.8 Å². The number of benzene rings is 1. The van der Waals surface area contributed by atoms with Crippen LogP contribution in [0.2, 0.25) is 0 Å². The zero-order valence-electron chi connectivity index (χ0n) is 13.3. The average Bonchev–Trinajstić information content (AvgIpc) is 3.37. The van der Waals surface area contributed by atoms with Crippen LogP contribution in [0.4, 0.5) is 4.79 Å². The Morgan fingerprint density at radius 1 is 1.26 bits per heavy atom. The number of unbranched alkanes of at least 4 members (excludes halogenated alkanes) is 1. The van der Waals surface area contributed by atoms with Gasteiger partial charge >= 0.3 is 6.09 Å². The molecule has 4 N–H and O–H groups in total. The number of ether oxygens (including phenoxy) is 1. The lowest BCUT2D eigenvalue weighted by Gasteiger charge is -2.14. The van der Waals surface area contributed by atoms with Crippen molar-refractivity contribution < 1.29 is 17.2 Å². The van der Waals surface area contributed by atoms with Crippen molar-refractivity contribution in [1.82, 2.24) is 21.5 Å². The molecule has 1 heterocycles. The molecule has 7 nitrogen and oxygen atoms in total. The van der Waals surface area contributed by atoms with Gasteiger partial charge in [-0.05, 0) is 31.7 Å². The van der Waals surface area contributed by atoms with Crippen LogP contribution < -0.4 is 21.5 Å². The molecule has 1 atom stereocenters. The second-order valence-corrected chi connectivity index (χ2v) is 5.56. The monoisotopic (exact) mass is 324 g/mol. The molecule has 1 aliphatic rings. The van der Waals surface area contributed by atoms with Gasteiger partial charge in [0, 0.05) is 9.40 Å². The minimum Gasteiger partial charge on any atom is -0.445 e. The molecule has 0 bridgehead atoms. The first kappa shape index (κ1) is 17.2. The quantitative estimate of drug-likeness (QED) is 0.406. The van der Waals surface area contributed by atoms with Gasteiger partial charge in [0.2, 0.25) is 5.91 Å². The van der Waals surface area contributed by atoms with Crippen LogP contribution in [-0.2, 0) is 16.1 Å². The SMILES string of the molecule is C[C@H](NC(=O)OCc1ccccc1)C(=O)NCCCCC1NN1.[HH].[HH].